The molecule has 0 fully saturated rings. The molecule has 1 unspecified atom stereocenters. The van der Waals surface area contributed by atoms with Crippen molar-refractivity contribution in [2.45, 2.75) is 32.4 Å². The second-order valence-corrected chi connectivity index (χ2v) is 5.15. The van der Waals surface area contributed by atoms with Crippen molar-refractivity contribution in [1.82, 2.24) is 10.2 Å². The van der Waals surface area contributed by atoms with Crippen LogP contribution in [0.15, 0.2) is 24.3 Å². The van der Waals surface area contributed by atoms with Crippen molar-refractivity contribution in [2.24, 2.45) is 5.73 Å². The molecule has 3 N–H and O–H groups in total. The number of carbonyl (C=O) groups is 1. The van der Waals surface area contributed by atoms with Crippen LogP contribution in [0.4, 0.5) is 0 Å². The Bertz CT molecular complexity index is 410. The van der Waals surface area contributed by atoms with E-state index in [4.69, 9.17) is 5.73 Å². The summed E-state index contributed by atoms with van der Waals surface area (Å²) in [6, 6.07) is 8.13. The van der Waals surface area contributed by atoms with Gasteiger partial charge in [-0.2, -0.15) is 0 Å². The van der Waals surface area contributed by atoms with E-state index in [2.05, 4.69) is 41.4 Å². The summed E-state index contributed by atoms with van der Waals surface area (Å²) in [5, 5.41) is 2.92. The first-order chi connectivity index (χ1) is 8.95. The van der Waals surface area contributed by atoms with Crippen LogP contribution in [0, 0.1) is 6.92 Å². The van der Waals surface area contributed by atoms with Crippen LogP contribution in [0.2, 0.25) is 0 Å². The van der Waals surface area contributed by atoms with E-state index in [0.717, 1.165) is 0 Å². The van der Waals surface area contributed by atoms with Gasteiger partial charge in [0.15, 0.2) is 0 Å². The maximum absolute atomic E-state index is 11.7. The van der Waals surface area contributed by atoms with E-state index in [0.29, 0.717) is 13.0 Å². The van der Waals surface area contributed by atoms with Crippen LogP contribution < -0.4 is 11.1 Å². The van der Waals surface area contributed by atoms with E-state index in [1.54, 1.807) is 0 Å². The van der Waals surface area contributed by atoms with Crippen molar-refractivity contribution in [3.05, 3.63) is 35.4 Å². The van der Waals surface area contributed by atoms with Crippen molar-refractivity contribution < 1.29 is 4.79 Å². The van der Waals surface area contributed by atoms with E-state index in [9.17, 15) is 4.79 Å². The van der Waals surface area contributed by atoms with Gasteiger partial charge in [-0.05, 0) is 33.0 Å². The number of carbonyl (C=O) groups excluding carboxylic acids is 1. The van der Waals surface area contributed by atoms with Gasteiger partial charge >= 0.3 is 0 Å². The molecule has 0 radical (unpaired) electrons. The molecule has 21 heavy (non-hydrogen) atoms. The Hall–Kier alpha value is -0.810. The number of nitrogens with zero attached hydrogens (tertiary/aromatic N) is 1. The Morgan fingerprint density at radius 2 is 1.76 bits per heavy atom. The summed E-state index contributed by atoms with van der Waals surface area (Å²) in [6.45, 7) is 4.55. The molecule has 0 aliphatic carbocycles. The van der Waals surface area contributed by atoms with Gasteiger partial charge in [0.1, 0.15) is 0 Å². The second kappa shape index (κ2) is 10.9. The fraction of sp³-hybridized carbons (Fsp3) is 0.533. The van der Waals surface area contributed by atoms with E-state index < -0.39 is 6.04 Å². The molecule has 0 aliphatic heterocycles. The number of halogens is 2. The molecule has 1 rings (SSSR count). The van der Waals surface area contributed by atoms with E-state index in [-0.39, 0.29) is 36.8 Å². The molecule has 0 saturated carbocycles. The molecule has 0 saturated heterocycles. The lowest BCUT2D eigenvalue weighted by atomic mass is 10.0. The number of aryl methyl sites for hydroxylation is 1. The number of nitrogens with two attached hydrogens (primary N) is 1. The SMILES string of the molecule is CC[C@H](N)C(=O)NCC(c1ccc(C)cc1)N(C)C.Cl.Cl. The van der Waals surface area contributed by atoms with Gasteiger partial charge < -0.3 is 16.0 Å². The van der Waals surface area contributed by atoms with Crippen molar-refractivity contribution in [2.75, 3.05) is 20.6 Å². The highest BCUT2D eigenvalue weighted by Crippen LogP contribution is 2.17. The van der Waals surface area contributed by atoms with Crippen LogP contribution in [0.3, 0.4) is 0 Å². The highest BCUT2D eigenvalue weighted by atomic mass is 35.5. The van der Waals surface area contributed by atoms with Crippen molar-refractivity contribution in [1.29, 1.82) is 0 Å². The van der Waals surface area contributed by atoms with E-state index >= 15 is 0 Å². The zero-order valence-corrected chi connectivity index (χ0v) is 14.8. The fourth-order valence-corrected chi connectivity index (χ4v) is 1.90. The van der Waals surface area contributed by atoms with Crippen molar-refractivity contribution in [3.8, 4) is 0 Å². The number of likely N-dealkylation sites (N-methyl/N-ethyl adjacent to an activating group) is 1. The first-order valence-corrected chi connectivity index (χ1v) is 6.72. The summed E-state index contributed by atoms with van der Waals surface area (Å²) in [6.07, 6.45) is 0.656. The zero-order valence-electron chi connectivity index (χ0n) is 13.1. The maximum Gasteiger partial charge on any atom is 0.236 e. The van der Waals surface area contributed by atoms with Gasteiger partial charge in [0.05, 0.1) is 12.1 Å². The number of rotatable bonds is 6. The third-order valence-corrected chi connectivity index (χ3v) is 3.33. The molecule has 0 heterocycles. The smallest absolute Gasteiger partial charge is 0.236 e. The Balaban J connectivity index is 0. The van der Waals surface area contributed by atoms with Crippen LogP contribution in [0.25, 0.3) is 0 Å². The molecule has 122 valence electrons. The topological polar surface area (TPSA) is 58.4 Å². The first-order valence-electron chi connectivity index (χ1n) is 6.72. The zero-order chi connectivity index (χ0) is 14.4. The van der Waals surface area contributed by atoms with Crippen LogP contribution in [-0.2, 0) is 4.79 Å². The highest BCUT2D eigenvalue weighted by Gasteiger charge is 2.17. The minimum Gasteiger partial charge on any atom is -0.353 e. The molecular weight excluding hydrogens is 309 g/mol. The second-order valence-electron chi connectivity index (χ2n) is 5.15. The van der Waals surface area contributed by atoms with Gasteiger partial charge in [-0.25, -0.2) is 0 Å². The quantitative estimate of drug-likeness (QED) is 0.838. The summed E-state index contributed by atoms with van der Waals surface area (Å²) in [4.78, 5) is 13.8. The molecule has 1 amide bonds. The molecule has 1 aromatic rings. The minimum atomic E-state index is -0.416. The van der Waals surface area contributed by atoms with E-state index in [1.807, 2.05) is 21.0 Å². The average Bonchev–Trinajstić information content (AvgIpc) is 2.39. The van der Waals surface area contributed by atoms with Crippen LogP contribution in [-0.4, -0.2) is 37.5 Å². The number of benzene rings is 1. The molecule has 0 aliphatic rings. The highest BCUT2D eigenvalue weighted by molar-refractivity contribution is 5.85. The Morgan fingerprint density at radius 1 is 1.24 bits per heavy atom. The summed E-state index contributed by atoms with van der Waals surface area (Å²) in [5.74, 6) is -0.0820. The number of nitrogens with one attached hydrogen (secondary N) is 1. The molecule has 4 nitrogen and oxygen atoms in total. The minimum absolute atomic E-state index is 0. The summed E-state index contributed by atoms with van der Waals surface area (Å²) < 4.78 is 0. The molecule has 6 heteroatoms. The van der Waals surface area contributed by atoms with Crippen LogP contribution in [0.5, 0.6) is 0 Å². The lowest BCUT2D eigenvalue weighted by Gasteiger charge is -2.25. The van der Waals surface area contributed by atoms with Gasteiger partial charge in [-0.3, -0.25) is 4.79 Å². The monoisotopic (exact) mass is 335 g/mol. The van der Waals surface area contributed by atoms with Gasteiger partial charge in [-0.15, -0.1) is 24.8 Å². The standard InChI is InChI=1S/C15H25N3O.2ClH/c1-5-13(16)15(19)17-10-14(18(3)4)12-8-6-11(2)7-9-12;;/h6-9,13-14H,5,10,16H2,1-4H3,(H,17,19);2*1H/t13-,14?;;/m0../s1. The Morgan fingerprint density at radius 3 is 2.19 bits per heavy atom. The van der Waals surface area contributed by atoms with Crippen molar-refractivity contribution in [3.63, 3.8) is 0 Å². The summed E-state index contributed by atoms with van der Waals surface area (Å²) in [5.41, 5.74) is 8.14. The average molecular weight is 336 g/mol. The number of hydrogen-bond donors (Lipinski definition) is 2. The Kier molecular flexibility index (Phi) is 11.6. The van der Waals surface area contributed by atoms with Crippen molar-refractivity contribution >= 4 is 30.7 Å². The normalized spacial score (nSPS) is 12.9. The van der Waals surface area contributed by atoms with Gasteiger partial charge in [0, 0.05) is 6.54 Å². The summed E-state index contributed by atoms with van der Waals surface area (Å²) >= 11 is 0. The lowest BCUT2D eigenvalue weighted by molar-refractivity contribution is -0.122. The first kappa shape index (κ1) is 22.5. The summed E-state index contributed by atoms with van der Waals surface area (Å²) in [7, 11) is 4.02. The lowest BCUT2D eigenvalue weighted by Crippen LogP contribution is -2.43. The van der Waals surface area contributed by atoms with Crippen LogP contribution in [0.1, 0.15) is 30.5 Å². The van der Waals surface area contributed by atoms with Gasteiger partial charge in [0.2, 0.25) is 5.91 Å². The van der Waals surface area contributed by atoms with Crippen LogP contribution >= 0.6 is 24.8 Å². The Labute approximate surface area is 140 Å². The van der Waals surface area contributed by atoms with Gasteiger partial charge in [-0.1, -0.05) is 36.8 Å². The third kappa shape index (κ3) is 7.14. The fourth-order valence-electron chi connectivity index (χ4n) is 1.90. The molecule has 0 spiro atoms. The number of hydrogen-bond acceptors (Lipinski definition) is 3. The predicted molar refractivity (Wildman–Crippen MR) is 93.4 cm³/mol. The predicted octanol–water partition coefficient (Wildman–Crippen LogP) is 2.29. The largest absolute Gasteiger partial charge is 0.353 e. The number of amides is 1. The molecular formula is C15H27Cl2N3O. The molecule has 0 bridgehead atoms. The molecule has 2 atom stereocenters. The molecule has 1 aromatic carbocycles. The van der Waals surface area contributed by atoms with Gasteiger partial charge in [0.25, 0.3) is 0 Å². The third-order valence-electron chi connectivity index (χ3n) is 3.33. The molecule has 0 aromatic heterocycles. The van der Waals surface area contributed by atoms with E-state index in [1.165, 1.54) is 11.1 Å². The maximum atomic E-state index is 11.7.